The Labute approximate surface area is 136 Å². The molecule has 0 saturated heterocycles. The van der Waals surface area contributed by atoms with Gasteiger partial charge in [-0.2, -0.15) is 0 Å². The number of nitrogens with one attached hydrogen (secondary N) is 1. The van der Waals surface area contributed by atoms with Crippen LogP contribution in [-0.2, 0) is 4.74 Å². The van der Waals surface area contributed by atoms with Gasteiger partial charge in [0, 0.05) is 5.56 Å². The average molecular weight is 326 g/mol. The van der Waals surface area contributed by atoms with Crippen LogP contribution in [0, 0.1) is 6.92 Å². The second kappa shape index (κ2) is 6.18. The summed E-state index contributed by atoms with van der Waals surface area (Å²) in [5.74, 6) is -0.596. The van der Waals surface area contributed by atoms with Gasteiger partial charge in [0.25, 0.3) is 5.91 Å². The van der Waals surface area contributed by atoms with Crippen molar-refractivity contribution in [1.29, 1.82) is 0 Å². The summed E-state index contributed by atoms with van der Waals surface area (Å²) in [5.41, 5.74) is 2.70. The molecule has 0 atom stereocenters. The number of anilines is 1. The van der Waals surface area contributed by atoms with Crippen LogP contribution in [0.1, 0.15) is 26.3 Å². The normalized spacial score (nSPS) is 10.5. The van der Waals surface area contributed by atoms with Gasteiger partial charge < -0.3 is 4.74 Å². The topological polar surface area (TPSA) is 68.3 Å². The molecule has 0 aliphatic heterocycles. The summed E-state index contributed by atoms with van der Waals surface area (Å²) in [5, 5.41) is 3.30. The van der Waals surface area contributed by atoms with Crippen LogP contribution in [-0.4, -0.2) is 24.0 Å². The Kier molecular flexibility index (Phi) is 4.08. The maximum atomic E-state index is 12.3. The van der Waals surface area contributed by atoms with Gasteiger partial charge in [0.05, 0.1) is 22.9 Å². The number of benzene rings is 2. The summed E-state index contributed by atoms with van der Waals surface area (Å²) in [6, 6.07) is 12.5. The first-order chi connectivity index (χ1) is 11.1. The largest absolute Gasteiger partial charge is 0.465 e. The fraction of sp³-hybridized carbons (Fsp3) is 0.118. The van der Waals surface area contributed by atoms with Crippen LogP contribution in [0.4, 0.5) is 5.13 Å². The standard InChI is InChI=1S/C17H14N2O3S/c1-10-5-3-4-6-12(10)15(20)19-17-18-13-8-7-11(16(21)22-2)9-14(13)23-17/h3-9H,1-2H3,(H,18,19,20). The highest BCUT2D eigenvalue weighted by Gasteiger charge is 2.13. The van der Waals surface area contributed by atoms with E-state index in [4.69, 9.17) is 4.74 Å². The van der Waals surface area contributed by atoms with E-state index in [9.17, 15) is 9.59 Å². The fourth-order valence-corrected chi connectivity index (χ4v) is 3.12. The number of thiazole rings is 1. The summed E-state index contributed by atoms with van der Waals surface area (Å²) in [7, 11) is 1.34. The molecule has 2 aromatic carbocycles. The van der Waals surface area contributed by atoms with Crippen molar-refractivity contribution in [3.8, 4) is 0 Å². The molecule has 0 radical (unpaired) electrons. The molecule has 23 heavy (non-hydrogen) atoms. The zero-order chi connectivity index (χ0) is 16.4. The molecule has 1 aromatic heterocycles. The Bertz CT molecular complexity index is 902. The van der Waals surface area contributed by atoms with Gasteiger partial charge in [0.2, 0.25) is 0 Å². The van der Waals surface area contributed by atoms with E-state index in [2.05, 4.69) is 10.3 Å². The minimum Gasteiger partial charge on any atom is -0.465 e. The van der Waals surface area contributed by atoms with E-state index < -0.39 is 5.97 Å². The number of nitrogens with zero attached hydrogens (tertiary/aromatic N) is 1. The molecule has 0 aliphatic carbocycles. The number of carbonyl (C=O) groups is 2. The van der Waals surface area contributed by atoms with E-state index in [-0.39, 0.29) is 5.91 Å². The molecule has 0 bridgehead atoms. The summed E-state index contributed by atoms with van der Waals surface area (Å²) in [4.78, 5) is 28.2. The molecule has 6 heteroatoms. The molecule has 0 unspecified atom stereocenters. The molecule has 3 aromatic rings. The molecule has 1 amide bonds. The van der Waals surface area contributed by atoms with Crippen LogP contribution in [0.25, 0.3) is 10.2 Å². The molecule has 1 heterocycles. The molecule has 116 valence electrons. The summed E-state index contributed by atoms with van der Waals surface area (Å²) in [6.07, 6.45) is 0. The first-order valence-electron chi connectivity index (χ1n) is 6.94. The maximum absolute atomic E-state index is 12.3. The Hall–Kier alpha value is -2.73. The monoisotopic (exact) mass is 326 g/mol. The zero-order valence-electron chi connectivity index (χ0n) is 12.6. The second-order valence-electron chi connectivity index (χ2n) is 4.96. The maximum Gasteiger partial charge on any atom is 0.337 e. The number of carbonyl (C=O) groups excluding carboxylic acids is 2. The van der Waals surface area contributed by atoms with Crippen molar-refractivity contribution < 1.29 is 14.3 Å². The minimum atomic E-state index is -0.397. The third-order valence-corrected chi connectivity index (χ3v) is 4.35. The van der Waals surface area contributed by atoms with E-state index >= 15 is 0 Å². The molecule has 0 aliphatic rings. The quantitative estimate of drug-likeness (QED) is 0.746. The summed E-state index contributed by atoms with van der Waals surface area (Å²) in [6.45, 7) is 1.88. The van der Waals surface area contributed by atoms with Gasteiger partial charge in [-0.05, 0) is 36.8 Å². The van der Waals surface area contributed by atoms with Crippen LogP contribution in [0.15, 0.2) is 42.5 Å². The van der Waals surface area contributed by atoms with Crippen LogP contribution in [0.5, 0.6) is 0 Å². The number of hydrogen-bond acceptors (Lipinski definition) is 5. The van der Waals surface area contributed by atoms with Crippen molar-refractivity contribution in [1.82, 2.24) is 4.98 Å². The Morgan fingerprint density at radius 3 is 2.70 bits per heavy atom. The van der Waals surface area contributed by atoms with Crippen molar-refractivity contribution in [3.63, 3.8) is 0 Å². The molecular formula is C17H14N2O3S. The molecule has 3 rings (SSSR count). The van der Waals surface area contributed by atoms with Gasteiger partial charge in [-0.3, -0.25) is 10.1 Å². The van der Waals surface area contributed by atoms with Crippen LogP contribution >= 0.6 is 11.3 Å². The molecular weight excluding hydrogens is 312 g/mol. The lowest BCUT2D eigenvalue weighted by molar-refractivity contribution is 0.0601. The Balaban J connectivity index is 1.88. The van der Waals surface area contributed by atoms with Crippen molar-refractivity contribution >= 4 is 38.6 Å². The number of aromatic nitrogens is 1. The van der Waals surface area contributed by atoms with Crippen molar-refractivity contribution in [3.05, 3.63) is 59.2 Å². The predicted molar refractivity (Wildman–Crippen MR) is 90.1 cm³/mol. The highest BCUT2D eigenvalue weighted by atomic mass is 32.1. The van der Waals surface area contributed by atoms with Crippen molar-refractivity contribution in [2.24, 2.45) is 0 Å². The van der Waals surface area contributed by atoms with Crippen molar-refractivity contribution in [2.75, 3.05) is 12.4 Å². The SMILES string of the molecule is COC(=O)c1ccc2nc(NC(=O)c3ccccc3C)sc2c1. The molecule has 0 saturated carbocycles. The molecule has 5 nitrogen and oxygen atoms in total. The van der Waals surface area contributed by atoms with Gasteiger partial charge >= 0.3 is 5.97 Å². The number of ether oxygens (including phenoxy) is 1. The minimum absolute atomic E-state index is 0.199. The molecule has 0 spiro atoms. The average Bonchev–Trinajstić information content (AvgIpc) is 2.95. The number of fused-ring (bicyclic) bond motifs is 1. The molecule has 1 N–H and O–H groups in total. The fourth-order valence-electron chi connectivity index (χ4n) is 2.22. The van der Waals surface area contributed by atoms with Gasteiger partial charge in [0.1, 0.15) is 0 Å². The van der Waals surface area contributed by atoms with E-state index in [1.807, 2.05) is 25.1 Å². The first-order valence-corrected chi connectivity index (χ1v) is 7.76. The zero-order valence-corrected chi connectivity index (χ0v) is 13.4. The Morgan fingerprint density at radius 2 is 1.96 bits per heavy atom. The number of rotatable bonds is 3. The van der Waals surface area contributed by atoms with Gasteiger partial charge in [0.15, 0.2) is 5.13 Å². The summed E-state index contributed by atoms with van der Waals surface area (Å²) >= 11 is 1.32. The van der Waals surface area contributed by atoms with E-state index in [0.717, 1.165) is 15.8 Å². The number of hydrogen-bond donors (Lipinski definition) is 1. The molecule has 0 fully saturated rings. The first kappa shape index (κ1) is 15.2. The van der Waals surface area contributed by atoms with Crippen LogP contribution in [0.2, 0.25) is 0 Å². The van der Waals surface area contributed by atoms with Gasteiger partial charge in [-0.1, -0.05) is 29.5 Å². The van der Waals surface area contributed by atoms with Gasteiger partial charge in [-0.15, -0.1) is 0 Å². The third kappa shape index (κ3) is 3.07. The third-order valence-electron chi connectivity index (χ3n) is 3.42. The number of aryl methyl sites for hydroxylation is 1. The lowest BCUT2D eigenvalue weighted by Crippen LogP contribution is -2.12. The number of methoxy groups -OCH3 is 1. The lowest BCUT2D eigenvalue weighted by Gasteiger charge is -2.04. The number of amides is 1. The lowest BCUT2D eigenvalue weighted by atomic mass is 10.1. The second-order valence-corrected chi connectivity index (χ2v) is 5.99. The predicted octanol–water partition coefficient (Wildman–Crippen LogP) is 3.64. The van der Waals surface area contributed by atoms with E-state index in [0.29, 0.717) is 16.3 Å². The smallest absolute Gasteiger partial charge is 0.337 e. The summed E-state index contributed by atoms with van der Waals surface area (Å²) < 4.78 is 5.52. The number of esters is 1. The Morgan fingerprint density at radius 1 is 1.17 bits per heavy atom. The van der Waals surface area contributed by atoms with E-state index in [1.54, 1.807) is 24.3 Å². The van der Waals surface area contributed by atoms with Crippen molar-refractivity contribution in [2.45, 2.75) is 6.92 Å². The highest BCUT2D eigenvalue weighted by Crippen LogP contribution is 2.27. The highest BCUT2D eigenvalue weighted by molar-refractivity contribution is 7.22. The van der Waals surface area contributed by atoms with Crippen LogP contribution < -0.4 is 5.32 Å². The van der Waals surface area contributed by atoms with Crippen LogP contribution in [0.3, 0.4) is 0 Å². The van der Waals surface area contributed by atoms with Gasteiger partial charge in [-0.25, -0.2) is 9.78 Å². The van der Waals surface area contributed by atoms with E-state index in [1.165, 1.54) is 18.4 Å².